The maximum atomic E-state index is 5.82. The molecule has 2 aromatic carbocycles. The Morgan fingerprint density at radius 3 is 2.74 bits per heavy atom. The molecule has 0 bridgehead atoms. The SMILES string of the molecule is Clc1ncc(Br)c(Oc2cccc3ccccc23)n1. The van der Waals surface area contributed by atoms with Crippen molar-refractivity contribution < 1.29 is 4.74 Å². The van der Waals surface area contributed by atoms with Gasteiger partial charge in [-0.15, -0.1) is 0 Å². The molecule has 3 rings (SSSR count). The van der Waals surface area contributed by atoms with E-state index in [2.05, 4.69) is 25.9 Å². The topological polar surface area (TPSA) is 35.0 Å². The molecule has 0 radical (unpaired) electrons. The van der Waals surface area contributed by atoms with Crippen LogP contribution < -0.4 is 4.74 Å². The molecule has 0 aliphatic carbocycles. The van der Waals surface area contributed by atoms with Crippen molar-refractivity contribution in [3.05, 3.63) is 58.4 Å². The Morgan fingerprint density at radius 2 is 1.84 bits per heavy atom. The van der Waals surface area contributed by atoms with E-state index in [1.54, 1.807) is 6.20 Å². The smallest absolute Gasteiger partial charge is 0.238 e. The number of fused-ring (bicyclic) bond motifs is 1. The molecule has 0 aliphatic rings. The van der Waals surface area contributed by atoms with Gasteiger partial charge in [0.15, 0.2) is 0 Å². The molecule has 0 unspecified atom stereocenters. The van der Waals surface area contributed by atoms with E-state index in [4.69, 9.17) is 16.3 Å². The van der Waals surface area contributed by atoms with Crippen molar-refractivity contribution in [2.45, 2.75) is 0 Å². The summed E-state index contributed by atoms with van der Waals surface area (Å²) in [5.74, 6) is 1.13. The lowest BCUT2D eigenvalue weighted by Crippen LogP contribution is -1.92. The van der Waals surface area contributed by atoms with Gasteiger partial charge in [0, 0.05) is 11.6 Å². The predicted octanol–water partition coefficient (Wildman–Crippen LogP) is 4.84. The van der Waals surface area contributed by atoms with E-state index in [0.717, 1.165) is 16.5 Å². The summed E-state index contributed by atoms with van der Waals surface area (Å²) >= 11 is 9.12. The van der Waals surface area contributed by atoms with Gasteiger partial charge in [-0.1, -0.05) is 36.4 Å². The van der Waals surface area contributed by atoms with Gasteiger partial charge in [0.2, 0.25) is 11.2 Å². The molecule has 1 heterocycles. The molecule has 94 valence electrons. The zero-order valence-corrected chi connectivity index (χ0v) is 12.0. The quantitative estimate of drug-likeness (QED) is 0.629. The van der Waals surface area contributed by atoms with E-state index in [9.17, 15) is 0 Å². The number of nitrogens with zero attached hydrogens (tertiary/aromatic N) is 2. The summed E-state index contributed by atoms with van der Waals surface area (Å²) in [6, 6.07) is 13.9. The zero-order chi connectivity index (χ0) is 13.2. The van der Waals surface area contributed by atoms with Crippen LogP contribution in [0, 0.1) is 0 Å². The Kier molecular flexibility index (Phi) is 3.36. The van der Waals surface area contributed by atoms with Crippen molar-refractivity contribution in [2.75, 3.05) is 0 Å². The Bertz CT molecular complexity index is 743. The third kappa shape index (κ3) is 2.55. The van der Waals surface area contributed by atoms with Crippen molar-refractivity contribution in [1.82, 2.24) is 9.97 Å². The first-order valence-corrected chi connectivity index (χ1v) is 6.75. The Balaban J connectivity index is 2.08. The number of hydrogen-bond acceptors (Lipinski definition) is 3. The fourth-order valence-electron chi connectivity index (χ4n) is 1.79. The number of rotatable bonds is 2. The highest BCUT2D eigenvalue weighted by Crippen LogP contribution is 2.32. The maximum Gasteiger partial charge on any atom is 0.238 e. The van der Waals surface area contributed by atoms with Crippen LogP contribution in [-0.4, -0.2) is 9.97 Å². The van der Waals surface area contributed by atoms with Gasteiger partial charge in [0.05, 0.1) is 4.47 Å². The first kappa shape index (κ1) is 12.4. The summed E-state index contributed by atoms with van der Waals surface area (Å²) in [7, 11) is 0. The molecule has 0 fully saturated rings. The molecule has 0 atom stereocenters. The lowest BCUT2D eigenvalue weighted by Gasteiger charge is -2.09. The lowest BCUT2D eigenvalue weighted by molar-refractivity contribution is 0.463. The van der Waals surface area contributed by atoms with E-state index in [0.29, 0.717) is 10.4 Å². The van der Waals surface area contributed by atoms with Gasteiger partial charge in [-0.25, -0.2) is 4.98 Å². The predicted molar refractivity (Wildman–Crippen MR) is 78.8 cm³/mol. The highest BCUT2D eigenvalue weighted by Gasteiger charge is 2.08. The fraction of sp³-hybridized carbons (Fsp3) is 0. The molecule has 0 amide bonds. The molecular weight excluding hydrogens is 328 g/mol. The fourth-order valence-corrected chi connectivity index (χ4v) is 2.19. The standard InChI is InChI=1S/C14H8BrClN2O/c15-11-8-17-14(16)18-13(11)19-12-7-3-5-9-4-1-2-6-10(9)12/h1-8H. The Labute approximate surface area is 123 Å². The summed E-state index contributed by atoms with van der Waals surface area (Å²) in [6.07, 6.45) is 1.57. The largest absolute Gasteiger partial charge is 0.437 e. The second kappa shape index (κ2) is 5.15. The van der Waals surface area contributed by atoms with Gasteiger partial charge >= 0.3 is 0 Å². The van der Waals surface area contributed by atoms with Crippen LogP contribution in [0.1, 0.15) is 0 Å². The number of hydrogen-bond donors (Lipinski definition) is 0. The average molecular weight is 336 g/mol. The van der Waals surface area contributed by atoms with Crippen LogP contribution in [0.3, 0.4) is 0 Å². The molecule has 0 N–H and O–H groups in total. The lowest BCUT2D eigenvalue weighted by atomic mass is 10.1. The average Bonchev–Trinajstić information content (AvgIpc) is 2.43. The van der Waals surface area contributed by atoms with Gasteiger partial charge in [-0.05, 0) is 39.0 Å². The Hall–Kier alpha value is -1.65. The minimum Gasteiger partial charge on any atom is -0.437 e. The molecule has 5 heteroatoms. The second-order valence-electron chi connectivity index (χ2n) is 3.87. The third-order valence-corrected chi connectivity index (χ3v) is 3.36. The van der Waals surface area contributed by atoms with Crippen LogP contribution in [0.4, 0.5) is 0 Å². The van der Waals surface area contributed by atoms with E-state index < -0.39 is 0 Å². The number of benzene rings is 2. The van der Waals surface area contributed by atoms with E-state index >= 15 is 0 Å². The van der Waals surface area contributed by atoms with Crippen molar-refractivity contribution in [3.8, 4) is 11.6 Å². The van der Waals surface area contributed by atoms with E-state index in [1.807, 2.05) is 42.5 Å². The first-order valence-electron chi connectivity index (χ1n) is 5.58. The van der Waals surface area contributed by atoms with Crippen LogP contribution in [0.15, 0.2) is 53.1 Å². The van der Waals surface area contributed by atoms with Gasteiger partial charge in [-0.3, -0.25) is 0 Å². The van der Waals surface area contributed by atoms with Crippen molar-refractivity contribution >= 4 is 38.3 Å². The van der Waals surface area contributed by atoms with Gasteiger partial charge in [-0.2, -0.15) is 4.98 Å². The summed E-state index contributed by atoms with van der Waals surface area (Å²) in [4.78, 5) is 7.93. The highest BCUT2D eigenvalue weighted by atomic mass is 79.9. The minimum absolute atomic E-state index is 0.151. The molecule has 0 saturated carbocycles. The van der Waals surface area contributed by atoms with E-state index in [-0.39, 0.29) is 5.28 Å². The first-order chi connectivity index (χ1) is 9.24. The highest BCUT2D eigenvalue weighted by molar-refractivity contribution is 9.10. The molecule has 0 spiro atoms. The molecule has 19 heavy (non-hydrogen) atoms. The molecule has 1 aromatic heterocycles. The summed E-state index contributed by atoms with van der Waals surface area (Å²) in [6.45, 7) is 0. The summed E-state index contributed by atoms with van der Waals surface area (Å²) < 4.78 is 6.48. The molecular formula is C14H8BrClN2O. The minimum atomic E-state index is 0.151. The second-order valence-corrected chi connectivity index (χ2v) is 5.06. The molecule has 3 aromatic rings. The molecule has 0 aliphatic heterocycles. The van der Waals surface area contributed by atoms with Crippen molar-refractivity contribution in [2.24, 2.45) is 0 Å². The van der Waals surface area contributed by atoms with Crippen LogP contribution in [0.5, 0.6) is 11.6 Å². The number of halogens is 2. The van der Waals surface area contributed by atoms with Crippen LogP contribution in [0.25, 0.3) is 10.8 Å². The summed E-state index contributed by atoms with van der Waals surface area (Å²) in [5.41, 5.74) is 0. The van der Waals surface area contributed by atoms with Crippen LogP contribution in [0.2, 0.25) is 5.28 Å². The van der Waals surface area contributed by atoms with Gasteiger partial charge in [0.1, 0.15) is 5.75 Å². The normalized spacial score (nSPS) is 10.6. The van der Waals surface area contributed by atoms with Crippen LogP contribution in [-0.2, 0) is 0 Å². The molecule has 3 nitrogen and oxygen atoms in total. The zero-order valence-electron chi connectivity index (χ0n) is 9.68. The third-order valence-electron chi connectivity index (χ3n) is 2.64. The van der Waals surface area contributed by atoms with Gasteiger partial charge < -0.3 is 4.74 Å². The van der Waals surface area contributed by atoms with E-state index in [1.165, 1.54) is 0 Å². The Morgan fingerprint density at radius 1 is 1.05 bits per heavy atom. The van der Waals surface area contributed by atoms with Crippen molar-refractivity contribution in [1.29, 1.82) is 0 Å². The van der Waals surface area contributed by atoms with Gasteiger partial charge in [0.25, 0.3) is 0 Å². The van der Waals surface area contributed by atoms with Crippen molar-refractivity contribution in [3.63, 3.8) is 0 Å². The monoisotopic (exact) mass is 334 g/mol. The van der Waals surface area contributed by atoms with Crippen LogP contribution >= 0.6 is 27.5 Å². The number of aromatic nitrogens is 2. The number of ether oxygens (including phenoxy) is 1. The molecule has 0 saturated heterocycles. The maximum absolute atomic E-state index is 5.82. The summed E-state index contributed by atoms with van der Waals surface area (Å²) in [5, 5.41) is 2.28.